The van der Waals surface area contributed by atoms with Gasteiger partial charge in [0, 0.05) is 6.54 Å². The van der Waals surface area contributed by atoms with Gasteiger partial charge in [-0.25, -0.2) is 4.79 Å². The predicted octanol–water partition coefficient (Wildman–Crippen LogP) is 4.01. The Hall–Kier alpha value is -2.53. The minimum Gasteiger partial charge on any atom is -0.458 e. The third-order valence-electron chi connectivity index (χ3n) is 3.14. The largest absolute Gasteiger partial charge is 0.458 e. The van der Waals surface area contributed by atoms with E-state index in [4.69, 9.17) is 4.42 Å². The van der Waals surface area contributed by atoms with Crippen molar-refractivity contribution in [2.75, 3.05) is 0 Å². The number of benzene rings is 1. The molecule has 0 unspecified atom stereocenters. The molecule has 0 bridgehead atoms. The van der Waals surface area contributed by atoms with E-state index in [1.54, 1.807) is 11.3 Å². The van der Waals surface area contributed by atoms with E-state index in [1.807, 2.05) is 60.0 Å². The summed E-state index contributed by atoms with van der Waals surface area (Å²) < 4.78 is 5.71. The van der Waals surface area contributed by atoms with Crippen molar-refractivity contribution < 1.29 is 9.21 Å². The number of furan rings is 1. The van der Waals surface area contributed by atoms with E-state index in [0.29, 0.717) is 13.1 Å². The first-order chi connectivity index (χ1) is 10.8. The first-order valence-electron chi connectivity index (χ1n) is 6.99. The fraction of sp³-hybridized carbons (Fsp3) is 0.118. The molecule has 2 heterocycles. The van der Waals surface area contributed by atoms with Crippen LogP contribution in [0.5, 0.6) is 0 Å². The van der Waals surface area contributed by atoms with Gasteiger partial charge < -0.3 is 15.1 Å². The van der Waals surface area contributed by atoms with Crippen LogP contribution in [0.4, 0.5) is 4.79 Å². The molecule has 0 atom stereocenters. The second kappa shape index (κ2) is 6.95. The van der Waals surface area contributed by atoms with Gasteiger partial charge in [-0.1, -0.05) is 36.4 Å². The lowest BCUT2D eigenvalue weighted by atomic mass is 10.2. The molecule has 0 aliphatic carbocycles. The molecule has 0 radical (unpaired) electrons. The number of nitrogens with one attached hydrogen (secondary N) is 2. The monoisotopic (exact) mass is 312 g/mol. The quantitative estimate of drug-likeness (QED) is 0.748. The summed E-state index contributed by atoms with van der Waals surface area (Å²) >= 11 is 1.63. The zero-order valence-electron chi connectivity index (χ0n) is 11.9. The fourth-order valence-corrected chi connectivity index (χ4v) is 2.72. The van der Waals surface area contributed by atoms with Crippen LogP contribution in [0, 0.1) is 0 Å². The predicted molar refractivity (Wildman–Crippen MR) is 87.5 cm³/mol. The minimum atomic E-state index is -0.210. The molecule has 1 aromatic carbocycles. The Kier molecular flexibility index (Phi) is 4.56. The average molecular weight is 312 g/mol. The summed E-state index contributed by atoms with van der Waals surface area (Å²) in [5.41, 5.74) is 1.07. The highest BCUT2D eigenvalue weighted by Gasteiger charge is 2.07. The number of amides is 2. The van der Waals surface area contributed by atoms with Gasteiger partial charge in [0.2, 0.25) is 0 Å². The van der Waals surface area contributed by atoms with E-state index in [2.05, 4.69) is 10.6 Å². The molecule has 3 aromatic rings. The van der Waals surface area contributed by atoms with E-state index >= 15 is 0 Å². The summed E-state index contributed by atoms with van der Waals surface area (Å²) in [7, 11) is 0. The molecule has 0 spiro atoms. The van der Waals surface area contributed by atoms with Crippen molar-refractivity contribution in [2.24, 2.45) is 0 Å². The highest BCUT2D eigenvalue weighted by molar-refractivity contribution is 7.13. The van der Waals surface area contributed by atoms with E-state index in [9.17, 15) is 4.79 Å². The van der Waals surface area contributed by atoms with Gasteiger partial charge in [-0.05, 0) is 29.1 Å². The summed E-state index contributed by atoms with van der Waals surface area (Å²) in [5.74, 6) is 1.56. The first kappa shape index (κ1) is 14.4. The summed E-state index contributed by atoms with van der Waals surface area (Å²) in [6, 6.07) is 17.4. The lowest BCUT2D eigenvalue weighted by molar-refractivity contribution is 0.239. The molecule has 0 aliphatic heterocycles. The van der Waals surface area contributed by atoms with Gasteiger partial charge in [0.15, 0.2) is 0 Å². The molecule has 2 N–H and O–H groups in total. The van der Waals surface area contributed by atoms with Crippen LogP contribution in [-0.4, -0.2) is 6.03 Å². The van der Waals surface area contributed by atoms with Crippen molar-refractivity contribution in [3.63, 3.8) is 0 Å². The third-order valence-corrected chi connectivity index (χ3v) is 4.03. The maximum Gasteiger partial charge on any atom is 0.315 e. The second-order valence-electron chi connectivity index (χ2n) is 4.77. The van der Waals surface area contributed by atoms with E-state index < -0.39 is 0 Å². The molecular formula is C17H16N2O2S. The molecular weight excluding hydrogens is 296 g/mol. The highest BCUT2D eigenvalue weighted by Crippen LogP contribution is 2.26. The molecule has 22 heavy (non-hydrogen) atoms. The lowest BCUT2D eigenvalue weighted by Gasteiger charge is -2.06. The van der Waals surface area contributed by atoms with Crippen molar-refractivity contribution >= 4 is 17.4 Å². The molecule has 2 aromatic heterocycles. The van der Waals surface area contributed by atoms with Crippen LogP contribution in [0.3, 0.4) is 0 Å². The molecule has 5 heteroatoms. The molecule has 112 valence electrons. The molecule has 3 rings (SSSR count). The van der Waals surface area contributed by atoms with Gasteiger partial charge in [-0.2, -0.15) is 0 Å². The molecule has 0 fully saturated rings. The fourth-order valence-electron chi connectivity index (χ4n) is 2.03. The first-order valence-corrected chi connectivity index (χ1v) is 7.87. The summed E-state index contributed by atoms with van der Waals surface area (Å²) in [5, 5.41) is 7.61. The van der Waals surface area contributed by atoms with Crippen molar-refractivity contribution in [1.29, 1.82) is 0 Å². The standard InChI is InChI=1S/C17H16N2O2S/c20-17(18-11-13-5-2-1-3-6-13)19-12-14-8-9-15(21-14)16-7-4-10-22-16/h1-10H,11-12H2,(H2,18,19,20). The summed E-state index contributed by atoms with van der Waals surface area (Å²) in [6.07, 6.45) is 0. The Labute approximate surface area is 132 Å². The van der Waals surface area contributed by atoms with Gasteiger partial charge in [0.25, 0.3) is 0 Å². The number of hydrogen-bond acceptors (Lipinski definition) is 3. The zero-order valence-corrected chi connectivity index (χ0v) is 12.7. The Morgan fingerprint density at radius 2 is 1.77 bits per heavy atom. The second-order valence-corrected chi connectivity index (χ2v) is 5.71. The van der Waals surface area contributed by atoms with Crippen LogP contribution in [0.1, 0.15) is 11.3 Å². The Bertz CT molecular complexity index is 720. The van der Waals surface area contributed by atoms with Gasteiger partial charge in [-0.3, -0.25) is 0 Å². The smallest absolute Gasteiger partial charge is 0.315 e. The third kappa shape index (κ3) is 3.77. The Morgan fingerprint density at radius 1 is 0.955 bits per heavy atom. The van der Waals surface area contributed by atoms with Crippen molar-refractivity contribution in [3.05, 3.63) is 71.3 Å². The highest BCUT2D eigenvalue weighted by atomic mass is 32.1. The molecule has 4 nitrogen and oxygen atoms in total. The van der Waals surface area contributed by atoms with E-state index in [-0.39, 0.29) is 6.03 Å². The number of urea groups is 1. The average Bonchev–Trinajstić information content (AvgIpc) is 3.22. The van der Waals surface area contributed by atoms with Crippen molar-refractivity contribution in [3.8, 4) is 10.6 Å². The van der Waals surface area contributed by atoms with Gasteiger partial charge in [0.05, 0.1) is 11.4 Å². The van der Waals surface area contributed by atoms with Crippen LogP contribution in [-0.2, 0) is 13.1 Å². The summed E-state index contributed by atoms with van der Waals surface area (Å²) in [4.78, 5) is 12.8. The van der Waals surface area contributed by atoms with Gasteiger partial charge >= 0.3 is 6.03 Å². The summed E-state index contributed by atoms with van der Waals surface area (Å²) in [6.45, 7) is 0.872. The number of thiophene rings is 1. The van der Waals surface area contributed by atoms with Crippen LogP contribution in [0.15, 0.2) is 64.4 Å². The molecule has 0 saturated carbocycles. The lowest BCUT2D eigenvalue weighted by Crippen LogP contribution is -2.34. The minimum absolute atomic E-state index is 0.210. The Balaban J connectivity index is 1.47. The number of hydrogen-bond donors (Lipinski definition) is 2. The van der Waals surface area contributed by atoms with E-state index in [0.717, 1.165) is 22.0 Å². The van der Waals surface area contributed by atoms with Crippen LogP contribution in [0.25, 0.3) is 10.6 Å². The molecule has 0 aliphatic rings. The molecule has 2 amide bonds. The number of carbonyl (C=O) groups is 1. The zero-order chi connectivity index (χ0) is 15.2. The van der Waals surface area contributed by atoms with Crippen LogP contribution >= 0.6 is 11.3 Å². The van der Waals surface area contributed by atoms with E-state index in [1.165, 1.54) is 0 Å². The molecule has 0 saturated heterocycles. The maximum atomic E-state index is 11.8. The van der Waals surface area contributed by atoms with Gasteiger partial charge in [-0.15, -0.1) is 11.3 Å². The van der Waals surface area contributed by atoms with Crippen LogP contribution in [0.2, 0.25) is 0 Å². The number of rotatable bonds is 5. The SMILES string of the molecule is O=C(NCc1ccccc1)NCc1ccc(-c2cccs2)o1. The Morgan fingerprint density at radius 3 is 2.55 bits per heavy atom. The number of carbonyl (C=O) groups excluding carboxylic acids is 1. The van der Waals surface area contributed by atoms with Crippen LogP contribution < -0.4 is 10.6 Å². The van der Waals surface area contributed by atoms with Crippen molar-refractivity contribution in [1.82, 2.24) is 10.6 Å². The maximum absolute atomic E-state index is 11.8. The van der Waals surface area contributed by atoms with Gasteiger partial charge in [0.1, 0.15) is 11.5 Å². The normalized spacial score (nSPS) is 10.4. The van der Waals surface area contributed by atoms with Crippen molar-refractivity contribution in [2.45, 2.75) is 13.1 Å². The topological polar surface area (TPSA) is 54.3 Å².